The molecule has 0 fully saturated rings. The Kier molecular flexibility index (Phi) is 7.04. The minimum atomic E-state index is -1.19. The largest absolute Gasteiger partial charge is 0.545 e. The number of thiophene rings is 1. The fourth-order valence-corrected chi connectivity index (χ4v) is 4.97. The molecule has 0 aliphatic heterocycles. The maximum atomic E-state index is 12.5. The van der Waals surface area contributed by atoms with E-state index in [-0.39, 0.29) is 11.5 Å². The maximum Gasteiger partial charge on any atom is 0.256 e. The van der Waals surface area contributed by atoms with Gasteiger partial charge >= 0.3 is 0 Å². The van der Waals surface area contributed by atoms with Gasteiger partial charge in [0.2, 0.25) is 0 Å². The molecule has 0 spiro atoms. The summed E-state index contributed by atoms with van der Waals surface area (Å²) in [5.74, 6) is -1.47. The van der Waals surface area contributed by atoms with Crippen molar-refractivity contribution in [2.24, 2.45) is 0 Å². The lowest BCUT2D eigenvalue weighted by Crippen LogP contribution is -2.25. The fraction of sp³-hybridized carbons (Fsp3) is 0.455. The highest BCUT2D eigenvalue weighted by Gasteiger charge is 2.20. The van der Waals surface area contributed by atoms with Crippen molar-refractivity contribution in [2.75, 3.05) is 5.32 Å². The van der Waals surface area contributed by atoms with Gasteiger partial charge in [-0.2, -0.15) is 0 Å². The van der Waals surface area contributed by atoms with Crippen molar-refractivity contribution in [1.29, 1.82) is 0 Å². The summed E-state index contributed by atoms with van der Waals surface area (Å²) in [7, 11) is 0. The van der Waals surface area contributed by atoms with Crippen LogP contribution in [0.15, 0.2) is 30.3 Å². The van der Waals surface area contributed by atoms with E-state index >= 15 is 0 Å². The van der Waals surface area contributed by atoms with Gasteiger partial charge in [0.15, 0.2) is 0 Å². The summed E-state index contributed by atoms with van der Waals surface area (Å²) in [6, 6.07) is 8.87. The van der Waals surface area contributed by atoms with E-state index < -0.39 is 5.97 Å². The number of amides is 1. The zero-order chi connectivity index (χ0) is 19.1. The molecule has 1 N–H and O–H groups in total. The lowest BCUT2D eigenvalue weighted by atomic mass is 9.97. The first-order valence-corrected chi connectivity index (χ1v) is 10.7. The summed E-state index contributed by atoms with van der Waals surface area (Å²) in [6.45, 7) is 0. The van der Waals surface area contributed by atoms with Crippen LogP contribution in [0.4, 0.5) is 5.00 Å². The number of nitrogens with one attached hydrogen (secondary N) is 1. The van der Waals surface area contributed by atoms with Crippen LogP contribution in [0.1, 0.15) is 82.5 Å². The van der Waals surface area contributed by atoms with Crippen molar-refractivity contribution in [3.8, 4) is 0 Å². The van der Waals surface area contributed by atoms with Gasteiger partial charge in [-0.25, -0.2) is 0 Å². The topological polar surface area (TPSA) is 69.2 Å². The lowest BCUT2D eigenvalue weighted by molar-refractivity contribution is -0.254. The summed E-state index contributed by atoms with van der Waals surface area (Å²) >= 11 is 1.41. The van der Waals surface area contributed by atoms with E-state index in [2.05, 4.69) is 5.32 Å². The molecule has 0 unspecified atom stereocenters. The molecule has 3 rings (SSSR count). The molecule has 2 aromatic rings. The van der Waals surface area contributed by atoms with Crippen LogP contribution >= 0.6 is 11.3 Å². The highest BCUT2D eigenvalue weighted by molar-refractivity contribution is 7.17. The van der Waals surface area contributed by atoms with Crippen LogP contribution in [0.5, 0.6) is 0 Å². The maximum absolute atomic E-state index is 12.5. The molecular weight excluding hydrogens is 358 g/mol. The molecule has 0 atom stereocenters. The van der Waals surface area contributed by atoms with Crippen molar-refractivity contribution in [3.63, 3.8) is 0 Å². The third-order valence-electron chi connectivity index (χ3n) is 5.14. The van der Waals surface area contributed by atoms with Crippen molar-refractivity contribution in [2.45, 2.75) is 64.2 Å². The number of benzene rings is 1. The fourth-order valence-electron chi connectivity index (χ4n) is 3.70. The number of carboxylic acid groups (broad SMARTS) is 1. The first-order chi connectivity index (χ1) is 13.2. The second kappa shape index (κ2) is 9.70. The molecule has 0 radical (unpaired) electrons. The van der Waals surface area contributed by atoms with Crippen LogP contribution in [0, 0.1) is 0 Å². The number of carbonyl (C=O) groups excluding carboxylic acids is 2. The van der Waals surface area contributed by atoms with Crippen molar-refractivity contribution < 1.29 is 14.7 Å². The molecule has 0 bridgehead atoms. The normalized spacial score (nSPS) is 15.9. The predicted molar refractivity (Wildman–Crippen MR) is 107 cm³/mol. The van der Waals surface area contributed by atoms with Crippen LogP contribution in [0.3, 0.4) is 0 Å². The first kappa shape index (κ1) is 19.6. The van der Waals surface area contributed by atoms with E-state index in [1.54, 1.807) is 24.3 Å². The molecule has 5 heteroatoms. The van der Waals surface area contributed by atoms with Gasteiger partial charge in [0, 0.05) is 16.0 Å². The van der Waals surface area contributed by atoms with Crippen LogP contribution in [-0.2, 0) is 12.8 Å². The smallest absolute Gasteiger partial charge is 0.256 e. The Labute approximate surface area is 164 Å². The second-order valence-corrected chi connectivity index (χ2v) is 8.25. The van der Waals surface area contributed by atoms with Gasteiger partial charge in [0.25, 0.3) is 5.91 Å². The molecule has 0 saturated carbocycles. The minimum Gasteiger partial charge on any atom is -0.545 e. The third-order valence-corrected chi connectivity index (χ3v) is 6.35. The molecule has 1 aromatic heterocycles. The summed E-state index contributed by atoms with van der Waals surface area (Å²) in [6.07, 6.45) is 11.0. The van der Waals surface area contributed by atoms with Crippen molar-refractivity contribution >= 4 is 28.2 Å². The molecule has 1 aliphatic carbocycles. The highest BCUT2D eigenvalue weighted by Crippen LogP contribution is 2.36. The number of aryl methyl sites for hydroxylation is 1. The van der Waals surface area contributed by atoms with Gasteiger partial charge in [0.1, 0.15) is 5.00 Å². The quantitative estimate of drug-likeness (QED) is 0.842. The minimum absolute atomic E-state index is 0.191. The number of carbonyl (C=O) groups is 2. The van der Waals surface area contributed by atoms with Crippen molar-refractivity contribution in [1.82, 2.24) is 0 Å². The van der Waals surface area contributed by atoms with Crippen LogP contribution in [0.25, 0.3) is 0 Å². The predicted octanol–water partition coefficient (Wildman–Crippen LogP) is 4.58. The van der Waals surface area contributed by atoms with Gasteiger partial charge in [-0.1, -0.05) is 56.7 Å². The number of hydrogen-bond acceptors (Lipinski definition) is 4. The summed E-state index contributed by atoms with van der Waals surface area (Å²) < 4.78 is 0. The zero-order valence-electron chi connectivity index (χ0n) is 15.6. The number of anilines is 1. The monoisotopic (exact) mass is 384 g/mol. The molecule has 1 heterocycles. The number of fused-ring (bicyclic) bond motifs is 1. The molecule has 1 amide bonds. The Morgan fingerprint density at radius 1 is 0.852 bits per heavy atom. The summed E-state index contributed by atoms with van der Waals surface area (Å²) in [5.41, 5.74) is 1.59. The van der Waals surface area contributed by atoms with Gasteiger partial charge in [-0.05, 0) is 43.4 Å². The Hall–Kier alpha value is -2.14. The Balaban J connectivity index is 1.88. The first-order valence-electron chi connectivity index (χ1n) is 9.89. The Morgan fingerprint density at radius 2 is 1.44 bits per heavy atom. The number of carboxylic acids is 1. The SMILES string of the molecule is O=C(Nc1sc2c(c1C(=O)[O-])CCCCCCCCCC2)c1ccccc1. The van der Waals surface area contributed by atoms with Crippen molar-refractivity contribution in [3.05, 3.63) is 51.9 Å². The standard InChI is InChI=1S/C22H27NO3S/c24-20(16-12-8-7-9-13-16)23-21-19(22(25)26)17-14-10-5-3-1-2-4-6-11-15-18(17)27-21/h7-9,12-13H,1-6,10-11,14-15H2,(H,23,24)(H,25,26)/p-1. The molecule has 1 aliphatic rings. The molecule has 0 saturated heterocycles. The Bertz CT molecular complexity index is 782. The number of hydrogen-bond donors (Lipinski definition) is 1. The summed E-state index contributed by atoms with van der Waals surface area (Å²) in [4.78, 5) is 25.5. The van der Waals surface area contributed by atoms with Crippen LogP contribution < -0.4 is 10.4 Å². The lowest BCUT2D eigenvalue weighted by Gasteiger charge is -2.12. The molecule has 144 valence electrons. The van der Waals surface area contributed by atoms with Gasteiger partial charge in [-0.3, -0.25) is 4.79 Å². The van der Waals surface area contributed by atoms with E-state index in [0.29, 0.717) is 10.6 Å². The number of aromatic carboxylic acids is 1. The van der Waals surface area contributed by atoms with E-state index in [9.17, 15) is 14.7 Å². The highest BCUT2D eigenvalue weighted by atomic mass is 32.1. The second-order valence-electron chi connectivity index (χ2n) is 7.14. The molecular formula is C22H26NO3S-. The average molecular weight is 385 g/mol. The average Bonchev–Trinajstić information content (AvgIpc) is 2.99. The molecule has 27 heavy (non-hydrogen) atoms. The third kappa shape index (κ3) is 5.19. The Morgan fingerprint density at radius 3 is 2.07 bits per heavy atom. The van der Waals surface area contributed by atoms with E-state index in [1.807, 2.05) is 6.07 Å². The molecule has 1 aromatic carbocycles. The summed E-state index contributed by atoms with van der Waals surface area (Å²) in [5, 5.41) is 15.1. The van der Waals surface area contributed by atoms with Gasteiger partial charge < -0.3 is 15.2 Å². The molecule has 4 nitrogen and oxygen atoms in total. The van der Waals surface area contributed by atoms with Gasteiger partial charge in [0.05, 0.1) is 5.97 Å². The van der Waals surface area contributed by atoms with E-state index in [1.165, 1.54) is 43.4 Å². The van der Waals surface area contributed by atoms with E-state index in [4.69, 9.17) is 0 Å². The van der Waals surface area contributed by atoms with Crippen LogP contribution in [-0.4, -0.2) is 11.9 Å². The zero-order valence-corrected chi connectivity index (χ0v) is 16.4. The van der Waals surface area contributed by atoms with Gasteiger partial charge in [-0.15, -0.1) is 11.3 Å². The number of rotatable bonds is 3. The van der Waals surface area contributed by atoms with E-state index in [0.717, 1.165) is 42.5 Å². The van der Waals surface area contributed by atoms with Crippen LogP contribution in [0.2, 0.25) is 0 Å².